The van der Waals surface area contributed by atoms with Crippen LogP contribution in [0.1, 0.15) is 24.9 Å². The minimum absolute atomic E-state index is 0.0211. The summed E-state index contributed by atoms with van der Waals surface area (Å²) >= 11 is 0. The minimum Gasteiger partial charge on any atom is -0.390 e. The van der Waals surface area contributed by atoms with Crippen molar-refractivity contribution in [3.63, 3.8) is 0 Å². The SMILES string of the molecule is Nc1nc2c(ncn2[C@H]2[C@@H]3OP(=O)(O)OCC45C[C@@H]4[C@@H](n4cnc6c(N)ncnc64)[C@H](O)[C@@H]5O[PH](=O)OCC4(C[C@H]24)[C@H]3O)c(=O)[nH]1. The number of imidazole rings is 2. The molecule has 2 spiro atoms. The van der Waals surface area contributed by atoms with Gasteiger partial charge in [0.15, 0.2) is 22.6 Å². The summed E-state index contributed by atoms with van der Waals surface area (Å²) in [6.45, 7) is -0.649. The van der Waals surface area contributed by atoms with Gasteiger partial charge in [-0.1, -0.05) is 0 Å². The van der Waals surface area contributed by atoms with Crippen molar-refractivity contribution in [3.8, 4) is 0 Å². The number of nitrogens with two attached hydrogens (primary N) is 2. The zero-order valence-corrected chi connectivity index (χ0v) is 25.5. The van der Waals surface area contributed by atoms with Crippen molar-refractivity contribution < 1.29 is 42.3 Å². The number of aromatic nitrogens is 8. The van der Waals surface area contributed by atoms with Gasteiger partial charge in [-0.3, -0.25) is 23.4 Å². The maximum Gasteiger partial charge on any atom is 0.472 e. The molecule has 8 N–H and O–H groups in total. The zero-order valence-electron chi connectivity index (χ0n) is 23.6. The summed E-state index contributed by atoms with van der Waals surface area (Å²) in [6, 6.07) is -1.52. The first-order valence-electron chi connectivity index (χ1n) is 14.4. The molecule has 46 heavy (non-hydrogen) atoms. The molecule has 4 aliphatic carbocycles. The summed E-state index contributed by atoms with van der Waals surface area (Å²) in [5.41, 5.74) is 9.85. The highest BCUT2D eigenvalue weighted by molar-refractivity contribution is 7.47. The van der Waals surface area contributed by atoms with Gasteiger partial charge >= 0.3 is 16.1 Å². The molecule has 0 aromatic carbocycles. The molecule has 5 fully saturated rings. The fraction of sp³-hybridized carbons (Fsp3) is 0.583. The average Bonchev–Trinajstić information content (AvgIpc) is 3.71. The normalized spacial score (nSPS) is 43.3. The van der Waals surface area contributed by atoms with Crippen molar-refractivity contribution in [2.24, 2.45) is 22.7 Å². The van der Waals surface area contributed by atoms with Gasteiger partial charge in [0.2, 0.25) is 5.95 Å². The second-order valence-electron chi connectivity index (χ2n) is 12.8. The van der Waals surface area contributed by atoms with Crippen LogP contribution in [-0.4, -0.2) is 91.8 Å². The molecule has 2 bridgehead atoms. The van der Waals surface area contributed by atoms with E-state index in [2.05, 4.69) is 29.9 Å². The van der Waals surface area contributed by atoms with Crippen LogP contribution in [0.2, 0.25) is 0 Å². The summed E-state index contributed by atoms with van der Waals surface area (Å²) in [6.07, 6.45) is -0.276. The number of nitrogens with zero attached hydrogens (tertiary/aromatic N) is 7. The Hall–Kier alpha value is -3.32. The predicted octanol–water partition coefficient (Wildman–Crippen LogP) is -0.725. The molecule has 0 radical (unpaired) electrons. The fourth-order valence-corrected chi connectivity index (χ4v) is 10.3. The number of nitrogen functional groups attached to an aromatic ring is 2. The van der Waals surface area contributed by atoms with Crippen LogP contribution >= 0.6 is 16.1 Å². The fourth-order valence-electron chi connectivity index (χ4n) is 8.27. The van der Waals surface area contributed by atoms with Gasteiger partial charge in [0, 0.05) is 10.8 Å². The number of fused-ring (bicyclic) bond motifs is 3. The molecular formula is C24H28N10O10P2. The molecule has 22 heteroatoms. The van der Waals surface area contributed by atoms with Crippen LogP contribution in [0.25, 0.3) is 22.3 Å². The number of H-pyrrole nitrogens is 1. The second kappa shape index (κ2) is 9.40. The van der Waals surface area contributed by atoms with Crippen LogP contribution in [-0.2, 0) is 27.2 Å². The van der Waals surface area contributed by atoms with Gasteiger partial charge in [0.1, 0.15) is 30.2 Å². The third-order valence-electron chi connectivity index (χ3n) is 10.6. The highest BCUT2D eigenvalue weighted by atomic mass is 31.2. The van der Waals surface area contributed by atoms with Gasteiger partial charge in [-0.2, -0.15) is 4.98 Å². The molecule has 4 aromatic heterocycles. The van der Waals surface area contributed by atoms with E-state index in [1.807, 2.05) is 0 Å². The number of aliphatic hydroxyl groups excluding tert-OH is 2. The molecule has 244 valence electrons. The van der Waals surface area contributed by atoms with E-state index in [1.165, 1.54) is 23.5 Å². The molecule has 5 aliphatic rings. The first-order chi connectivity index (χ1) is 21.9. The van der Waals surface area contributed by atoms with E-state index in [0.717, 1.165) is 0 Å². The van der Waals surface area contributed by atoms with Crippen LogP contribution in [0.5, 0.6) is 0 Å². The maximum absolute atomic E-state index is 13.6. The number of aromatic amines is 1. The maximum atomic E-state index is 13.6. The Bertz CT molecular complexity index is 2070. The molecule has 4 aromatic rings. The molecule has 5 heterocycles. The number of hydrogen-bond donors (Lipinski definition) is 6. The van der Waals surface area contributed by atoms with Crippen molar-refractivity contribution in [2.75, 3.05) is 24.7 Å². The Morgan fingerprint density at radius 3 is 2.52 bits per heavy atom. The number of anilines is 2. The number of aliphatic hydroxyl groups is 2. The molecule has 20 nitrogen and oxygen atoms in total. The Morgan fingerprint density at radius 2 is 1.72 bits per heavy atom. The lowest BCUT2D eigenvalue weighted by molar-refractivity contribution is -0.0321. The Kier molecular flexibility index (Phi) is 5.90. The number of hydrogen-bond acceptors (Lipinski definition) is 16. The summed E-state index contributed by atoms with van der Waals surface area (Å²) in [7, 11) is -8.18. The smallest absolute Gasteiger partial charge is 0.390 e. The lowest BCUT2D eigenvalue weighted by atomic mass is 10.0. The van der Waals surface area contributed by atoms with E-state index >= 15 is 0 Å². The predicted molar refractivity (Wildman–Crippen MR) is 154 cm³/mol. The lowest BCUT2D eigenvalue weighted by Crippen LogP contribution is -2.37. The number of phosphoric ester groups is 1. The third-order valence-corrected chi connectivity index (χ3v) is 12.3. The van der Waals surface area contributed by atoms with E-state index in [9.17, 15) is 29.0 Å². The van der Waals surface area contributed by atoms with E-state index < -0.39 is 81.5 Å². The van der Waals surface area contributed by atoms with Gasteiger partial charge in [0.25, 0.3) is 5.56 Å². The molecule has 0 amide bonds. The van der Waals surface area contributed by atoms with E-state index in [4.69, 9.17) is 29.6 Å². The van der Waals surface area contributed by atoms with Gasteiger partial charge < -0.3 is 44.8 Å². The molecule has 9 rings (SSSR count). The zero-order chi connectivity index (χ0) is 31.9. The summed E-state index contributed by atoms with van der Waals surface area (Å²) in [5, 5.41) is 23.0. The summed E-state index contributed by atoms with van der Waals surface area (Å²) in [5.74, 6) is -0.800. The van der Waals surface area contributed by atoms with Gasteiger partial charge in [-0.15, -0.1) is 0 Å². The molecule has 12 atom stereocenters. The van der Waals surface area contributed by atoms with Crippen molar-refractivity contribution in [2.45, 2.75) is 49.3 Å². The van der Waals surface area contributed by atoms with Crippen molar-refractivity contribution in [3.05, 3.63) is 29.3 Å². The van der Waals surface area contributed by atoms with Crippen LogP contribution in [0.3, 0.4) is 0 Å². The lowest BCUT2D eigenvalue weighted by Gasteiger charge is -2.30. The van der Waals surface area contributed by atoms with Gasteiger partial charge in [-0.05, 0) is 24.7 Å². The molecular weight excluding hydrogens is 650 g/mol. The molecule has 4 saturated carbocycles. The molecule has 4 unspecified atom stereocenters. The average molecular weight is 678 g/mol. The quantitative estimate of drug-likeness (QED) is 0.142. The highest BCUT2D eigenvalue weighted by Gasteiger charge is 2.75. The van der Waals surface area contributed by atoms with Crippen molar-refractivity contribution in [1.82, 2.24) is 39.0 Å². The van der Waals surface area contributed by atoms with Gasteiger partial charge in [0.05, 0.1) is 44.1 Å². The molecule has 1 aliphatic heterocycles. The van der Waals surface area contributed by atoms with Crippen molar-refractivity contribution in [1.29, 1.82) is 0 Å². The largest absolute Gasteiger partial charge is 0.472 e. The van der Waals surface area contributed by atoms with Crippen LogP contribution in [0.15, 0.2) is 23.8 Å². The van der Waals surface area contributed by atoms with Gasteiger partial charge in [-0.25, -0.2) is 24.5 Å². The molecule has 1 saturated heterocycles. The second-order valence-corrected chi connectivity index (χ2v) is 15.2. The summed E-state index contributed by atoms with van der Waals surface area (Å²) < 4.78 is 52.9. The van der Waals surface area contributed by atoms with Crippen LogP contribution in [0, 0.1) is 22.7 Å². The van der Waals surface area contributed by atoms with E-state index in [1.54, 1.807) is 4.57 Å². The summed E-state index contributed by atoms with van der Waals surface area (Å²) in [4.78, 5) is 46.7. The monoisotopic (exact) mass is 678 g/mol. The Morgan fingerprint density at radius 1 is 1.00 bits per heavy atom. The van der Waals surface area contributed by atoms with Crippen LogP contribution in [0.4, 0.5) is 11.8 Å². The van der Waals surface area contributed by atoms with Crippen molar-refractivity contribution >= 4 is 50.2 Å². The number of nitrogens with one attached hydrogen (secondary N) is 1. The number of phosphoric acid groups is 1. The number of rotatable bonds is 2. The first kappa shape index (κ1) is 28.9. The van der Waals surface area contributed by atoms with E-state index in [-0.39, 0.29) is 35.5 Å². The topological polar surface area (TPSA) is 291 Å². The highest BCUT2D eigenvalue weighted by Crippen LogP contribution is 2.73. The van der Waals surface area contributed by atoms with E-state index in [0.29, 0.717) is 24.0 Å². The van der Waals surface area contributed by atoms with Crippen LogP contribution < -0.4 is 17.0 Å². The third kappa shape index (κ3) is 3.87. The standard InChI is InChI=1S/C24H28N10O10P2/c25-18-10-19(28-5-27-18)33(6-29-10)12-8-2-24(8)4-42-46(39,40)44-15-13(34-7-30-11-20(34)31-22(26)32-21(11)37)9-1-23(9,16(15)36)3-41-45(38)43-17(24)14(12)35/h5-9,12-17,35-36,45H,1-4H2,(H,39,40)(H2,25,27,28)(H3,26,31,32,37)/t8-,9-,12-,13-,14+,15+,16+,17+,23?,24?/m1/s1. The Balaban J connectivity index is 1.07. The first-order valence-corrected chi connectivity index (χ1v) is 17.2. The minimum atomic E-state index is -4.90. The Labute approximate surface area is 257 Å².